The van der Waals surface area contributed by atoms with E-state index < -0.39 is 6.09 Å². The summed E-state index contributed by atoms with van der Waals surface area (Å²) in [5.74, 6) is -0.372. The summed E-state index contributed by atoms with van der Waals surface area (Å²) in [6.45, 7) is 0.808. The van der Waals surface area contributed by atoms with E-state index in [-0.39, 0.29) is 5.82 Å². The molecular weight excluding hydrogens is 253 g/mol. The molecule has 3 nitrogen and oxygen atoms in total. The van der Waals surface area contributed by atoms with E-state index >= 15 is 0 Å². The van der Waals surface area contributed by atoms with E-state index in [4.69, 9.17) is 4.74 Å². The van der Waals surface area contributed by atoms with Crippen LogP contribution in [0.25, 0.3) is 0 Å². The second-order valence-electron chi connectivity index (χ2n) is 2.86. The number of rotatable bonds is 1. The van der Waals surface area contributed by atoms with E-state index in [1.807, 2.05) is 0 Å². The Bertz CT molecular complexity index is 383. The first-order chi connectivity index (χ1) is 6.68. The van der Waals surface area contributed by atoms with Crippen molar-refractivity contribution in [2.75, 3.05) is 18.1 Å². The zero-order chi connectivity index (χ0) is 10.1. The molecule has 2 rings (SSSR count). The molecule has 1 aromatic rings. The molecule has 5 heteroatoms. The highest BCUT2D eigenvalue weighted by atomic mass is 79.9. The lowest BCUT2D eigenvalue weighted by Gasteiger charge is -2.14. The fourth-order valence-electron chi connectivity index (χ4n) is 1.30. The summed E-state index contributed by atoms with van der Waals surface area (Å²) in [5, 5.41) is 0. The number of anilines is 1. The molecule has 0 aliphatic carbocycles. The Balaban J connectivity index is 2.39. The number of nitrogens with zero attached hydrogens (tertiary/aromatic N) is 1. The highest BCUT2D eigenvalue weighted by Gasteiger charge is 2.25. The molecule has 1 aliphatic heterocycles. The van der Waals surface area contributed by atoms with Crippen LogP contribution in [0, 0.1) is 5.82 Å². The minimum atomic E-state index is -0.434. The molecular formula is C9H7BrFNO2. The number of ether oxygens (including phenoxy) is 1. The average molecular weight is 260 g/mol. The third-order valence-corrected chi connectivity index (χ3v) is 2.63. The van der Waals surface area contributed by atoms with Gasteiger partial charge in [-0.15, -0.1) is 0 Å². The highest BCUT2D eigenvalue weighted by molar-refractivity contribution is 9.10. The predicted molar refractivity (Wildman–Crippen MR) is 52.8 cm³/mol. The van der Waals surface area contributed by atoms with Gasteiger partial charge < -0.3 is 4.74 Å². The van der Waals surface area contributed by atoms with Crippen LogP contribution in [0.1, 0.15) is 0 Å². The fraction of sp³-hybridized carbons (Fsp3) is 0.222. The number of hydrogen-bond donors (Lipinski definition) is 0. The Morgan fingerprint density at radius 3 is 2.93 bits per heavy atom. The van der Waals surface area contributed by atoms with E-state index in [1.165, 1.54) is 17.0 Å². The van der Waals surface area contributed by atoms with Gasteiger partial charge in [0, 0.05) is 4.47 Å². The van der Waals surface area contributed by atoms with Gasteiger partial charge in [0.2, 0.25) is 0 Å². The van der Waals surface area contributed by atoms with Crippen LogP contribution in [0.3, 0.4) is 0 Å². The van der Waals surface area contributed by atoms with Gasteiger partial charge in [0.15, 0.2) is 0 Å². The van der Waals surface area contributed by atoms with Gasteiger partial charge in [-0.2, -0.15) is 0 Å². The molecule has 74 valence electrons. The minimum Gasteiger partial charge on any atom is -0.447 e. The molecule has 1 heterocycles. The van der Waals surface area contributed by atoms with Crippen molar-refractivity contribution >= 4 is 27.7 Å². The van der Waals surface area contributed by atoms with Crippen LogP contribution in [0.4, 0.5) is 14.9 Å². The zero-order valence-electron chi connectivity index (χ0n) is 7.17. The van der Waals surface area contributed by atoms with Crippen molar-refractivity contribution in [1.29, 1.82) is 0 Å². The second-order valence-corrected chi connectivity index (χ2v) is 3.72. The monoisotopic (exact) mass is 259 g/mol. The number of benzene rings is 1. The van der Waals surface area contributed by atoms with Crippen LogP contribution < -0.4 is 4.90 Å². The van der Waals surface area contributed by atoms with Crippen LogP contribution in [-0.2, 0) is 4.74 Å². The summed E-state index contributed by atoms with van der Waals surface area (Å²) < 4.78 is 18.4. The van der Waals surface area contributed by atoms with Gasteiger partial charge in [-0.25, -0.2) is 9.18 Å². The SMILES string of the molecule is O=C1OCCN1c1cc(F)ccc1Br. The molecule has 0 spiro atoms. The molecule has 0 bridgehead atoms. The van der Waals surface area contributed by atoms with Crippen LogP contribution in [0.5, 0.6) is 0 Å². The Kier molecular flexibility index (Phi) is 2.41. The number of hydrogen-bond acceptors (Lipinski definition) is 2. The van der Waals surface area contributed by atoms with E-state index in [0.717, 1.165) is 0 Å². The molecule has 0 atom stereocenters. The van der Waals surface area contributed by atoms with Gasteiger partial charge in [-0.3, -0.25) is 4.90 Å². The van der Waals surface area contributed by atoms with Gasteiger partial charge in [0.1, 0.15) is 12.4 Å². The van der Waals surface area contributed by atoms with Crippen LogP contribution in [0.15, 0.2) is 22.7 Å². The molecule has 0 N–H and O–H groups in total. The quantitative estimate of drug-likeness (QED) is 0.776. The smallest absolute Gasteiger partial charge is 0.414 e. The first-order valence-corrected chi connectivity index (χ1v) is 4.87. The molecule has 0 unspecified atom stereocenters. The first-order valence-electron chi connectivity index (χ1n) is 4.08. The Labute approximate surface area is 88.6 Å². The van der Waals surface area contributed by atoms with E-state index in [9.17, 15) is 9.18 Å². The topological polar surface area (TPSA) is 29.5 Å². The lowest BCUT2D eigenvalue weighted by molar-refractivity contribution is 0.181. The van der Waals surface area contributed by atoms with Crippen molar-refractivity contribution < 1.29 is 13.9 Å². The van der Waals surface area contributed by atoms with Gasteiger partial charge in [0.25, 0.3) is 0 Å². The van der Waals surface area contributed by atoms with Gasteiger partial charge in [0.05, 0.1) is 12.2 Å². The Hall–Kier alpha value is -1.10. The standard InChI is InChI=1S/C9H7BrFNO2/c10-7-2-1-6(11)5-8(7)12-3-4-14-9(12)13/h1-2,5H,3-4H2. The largest absolute Gasteiger partial charge is 0.447 e. The zero-order valence-corrected chi connectivity index (χ0v) is 8.75. The predicted octanol–water partition coefficient (Wildman–Crippen LogP) is 2.54. The molecule has 1 aromatic carbocycles. The normalized spacial score (nSPS) is 15.9. The number of halogens is 2. The molecule has 0 aromatic heterocycles. The van der Waals surface area contributed by atoms with Crippen molar-refractivity contribution in [3.05, 3.63) is 28.5 Å². The van der Waals surface area contributed by atoms with E-state index in [0.29, 0.717) is 23.3 Å². The maximum absolute atomic E-state index is 12.9. The molecule has 14 heavy (non-hydrogen) atoms. The number of cyclic esters (lactones) is 1. The van der Waals surface area contributed by atoms with Gasteiger partial charge in [-0.05, 0) is 34.1 Å². The lowest BCUT2D eigenvalue weighted by Crippen LogP contribution is -2.23. The van der Waals surface area contributed by atoms with Crippen LogP contribution in [-0.4, -0.2) is 19.2 Å². The fourth-order valence-corrected chi connectivity index (χ4v) is 1.77. The van der Waals surface area contributed by atoms with Crippen LogP contribution in [0.2, 0.25) is 0 Å². The number of carbonyl (C=O) groups is 1. The van der Waals surface area contributed by atoms with Gasteiger partial charge >= 0.3 is 6.09 Å². The maximum atomic E-state index is 12.9. The van der Waals surface area contributed by atoms with Crippen molar-refractivity contribution in [3.8, 4) is 0 Å². The summed E-state index contributed by atoms with van der Waals surface area (Å²) in [6.07, 6.45) is -0.434. The van der Waals surface area contributed by atoms with Crippen LogP contribution >= 0.6 is 15.9 Å². The van der Waals surface area contributed by atoms with Crippen molar-refractivity contribution in [2.24, 2.45) is 0 Å². The summed E-state index contributed by atoms with van der Waals surface area (Å²) in [4.78, 5) is 12.6. The summed E-state index contributed by atoms with van der Waals surface area (Å²) in [7, 11) is 0. The van der Waals surface area contributed by atoms with Gasteiger partial charge in [-0.1, -0.05) is 0 Å². The first kappa shape index (κ1) is 9.45. The summed E-state index contributed by atoms with van der Waals surface area (Å²) in [6, 6.07) is 4.20. The van der Waals surface area contributed by atoms with Crippen molar-refractivity contribution in [2.45, 2.75) is 0 Å². The molecule has 0 radical (unpaired) electrons. The third-order valence-electron chi connectivity index (χ3n) is 1.96. The number of carbonyl (C=O) groups excluding carboxylic acids is 1. The molecule has 1 fully saturated rings. The van der Waals surface area contributed by atoms with E-state index in [1.54, 1.807) is 6.07 Å². The summed E-state index contributed by atoms with van der Waals surface area (Å²) >= 11 is 3.25. The Morgan fingerprint density at radius 1 is 1.50 bits per heavy atom. The van der Waals surface area contributed by atoms with E-state index in [2.05, 4.69) is 15.9 Å². The number of amides is 1. The summed E-state index contributed by atoms with van der Waals surface area (Å²) in [5.41, 5.74) is 0.507. The Morgan fingerprint density at radius 2 is 2.29 bits per heavy atom. The lowest BCUT2D eigenvalue weighted by atomic mass is 10.3. The molecule has 0 saturated carbocycles. The minimum absolute atomic E-state index is 0.349. The molecule has 1 saturated heterocycles. The molecule has 1 aliphatic rings. The average Bonchev–Trinajstić information content (AvgIpc) is 2.56. The highest BCUT2D eigenvalue weighted by Crippen LogP contribution is 2.28. The van der Waals surface area contributed by atoms with Crippen molar-refractivity contribution in [3.63, 3.8) is 0 Å². The second kappa shape index (κ2) is 3.57. The molecule has 1 amide bonds. The van der Waals surface area contributed by atoms with Crippen molar-refractivity contribution in [1.82, 2.24) is 0 Å². The maximum Gasteiger partial charge on any atom is 0.414 e. The third kappa shape index (κ3) is 1.59.